The number of carboxylic acids is 1. The second-order valence-electron chi connectivity index (χ2n) is 3.78. The molecule has 0 heterocycles. The molecule has 0 radical (unpaired) electrons. The van der Waals surface area contributed by atoms with Gasteiger partial charge in [-0.05, 0) is 25.7 Å². The number of carbonyl (C=O) groups is 1. The number of aliphatic carboxylic acids is 1. The maximum Gasteiger partial charge on any atom is 0.0451 e. The second kappa shape index (κ2) is 5.05. The Bertz CT molecular complexity index is 198. The van der Waals surface area contributed by atoms with Crippen LogP contribution < -0.4 is 5.11 Å². The molecule has 1 saturated carbocycles. The largest absolute Gasteiger partial charge is 0.550 e. The summed E-state index contributed by atoms with van der Waals surface area (Å²) in [6.45, 7) is 2.18. The van der Waals surface area contributed by atoms with Crippen LogP contribution in [0.15, 0.2) is 11.6 Å². The molecule has 2 heteroatoms. The average molecular weight is 181 g/mol. The van der Waals surface area contributed by atoms with Crippen molar-refractivity contribution < 1.29 is 9.90 Å². The first-order chi connectivity index (χ1) is 6.24. The van der Waals surface area contributed by atoms with E-state index in [9.17, 15) is 9.90 Å². The van der Waals surface area contributed by atoms with Crippen LogP contribution in [0.2, 0.25) is 0 Å². The zero-order valence-electron chi connectivity index (χ0n) is 8.21. The zero-order valence-corrected chi connectivity index (χ0v) is 8.21. The number of unbranched alkanes of at least 4 members (excludes halogenated alkanes) is 3. The van der Waals surface area contributed by atoms with Crippen LogP contribution in [-0.4, -0.2) is 5.97 Å². The normalized spacial score (nSPS) is 21.0. The van der Waals surface area contributed by atoms with Crippen molar-refractivity contribution in [2.24, 2.45) is 5.92 Å². The van der Waals surface area contributed by atoms with Crippen molar-refractivity contribution >= 4 is 5.97 Å². The van der Waals surface area contributed by atoms with E-state index in [2.05, 4.69) is 13.0 Å². The van der Waals surface area contributed by atoms with Gasteiger partial charge in [0, 0.05) is 11.9 Å². The van der Waals surface area contributed by atoms with Crippen LogP contribution in [0.5, 0.6) is 0 Å². The fraction of sp³-hybridized carbons (Fsp3) is 0.727. The molecule has 0 N–H and O–H groups in total. The van der Waals surface area contributed by atoms with Crippen LogP contribution in [0.25, 0.3) is 0 Å². The lowest BCUT2D eigenvalue weighted by molar-refractivity contribution is -0.312. The van der Waals surface area contributed by atoms with Crippen molar-refractivity contribution in [1.29, 1.82) is 0 Å². The quantitative estimate of drug-likeness (QED) is 0.478. The molecular formula is C11H17O2-. The summed E-state index contributed by atoms with van der Waals surface area (Å²) in [6.07, 6.45) is 8.52. The van der Waals surface area contributed by atoms with E-state index in [1.807, 2.05) is 0 Å². The van der Waals surface area contributed by atoms with Crippen LogP contribution in [0.4, 0.5) is 0 Å². The fourth-order valence-corrected chi connectivity index (χ4v) is 1.61. The van der Waals surface area contributed by atoms with E-state index >= 15 is 0 Å². The van der Waals surface area contributed by atoms with Gasteiger partial charge in [0.05, 0.1) is 0 Å². The molecule has 1 aliphatic carbocycles. The Kier molecular flexibility index (Phi) is 4.00. The van der Waals surface area contributed by atoms with Gasteiger partial charge in [-0.25, -0.2) is 0 Å². The minimum atomic E-state index is -0.884. The van der Waals surface area contributed by atoms with Crippen molar-refractivity contribution in [2.75, 3.05) is 0 Å². The van der Waals surface area contributed by atoms with Crippen LogP contribution in [0.3, 0.4) is 0 Å². The number of allylic oxidation sites excluding steroid dienone is 2. The van der Waals surface area contributed by atoms with E-state index < -0.39 is 5.97 Å². The lowest BCUT2D eigenvalue weighted by atomic mass is 9.79. The van der Waals surface area contributed by atoms with Gasteiger partial charge < -0.3 is 9.90 Å². The Morgan fingerprint density at radius 1 is 1.54 bits per heavy atom. The molecular weight excluding hydrogens is 164 g/mol. The van der Waals surface area contributed by atoms with Crippen molar-refractivity contribution in [3.05, 3.63) is 11.6 Å². The Balaban J connectivity index is 2.08. The van der Waals surface area contributed by atoms with Gasteiger partial charge >= 0.3 is 0 Å². The molecule has 0 atom stereocenters. The van der Waals surface area contributed by atoms with Gasteiger partial charge in [-0.3, -0.25) is 0 Å². The molecule has 1 rings (SSSR count). The van der Waals surface area contributed by atoms with Gasteiger partial charge in [-0.1, -0.05) is 31.4 Å². The summed E-state index contributed by atoms with van der Waals surface area (Å²) in [5.74, 6) is -1.08. The highest BCUT2D eigenvalue weighted by Crippen LogP contribution is 2.32. The molecule has 0 aromatic heterocycles. The minimum absolute atomic E-state index is 0.197. The summed E-state index contributed by atoms with van der Waals surface area (Å²) < 4.78 is 0. The van der Waals surface area contributed by atoms with Crippen molar-refractivity contribution in [1.82, 2.24) is 0 Å². The highest BCUT2D eigenvalue weighted by atomic mass is 16.4. The molecule has 0 aliphatic heterocycles. The SMILES string of the molecule is CCCCCC=C1CC(C(=O)[O-])C1. The van der Waals surface area contributed by atoms with E-state index in [4.69, 9.17) is 0 Å². The number of rotatable bonds is 5. The van der Waals surface area contributed by atoms with E-state index in [1.165, 1.54) is 24.8 Å². The first-order valence-corrected chi connectivity index (χ1v) is 5.12. The predicted octanol–water partition coefficient (Wildman–Crippen LogP) is 1.65. The summed E-state index contributed by atoms with van der Waals surface area (Å²) in [7, 11) is 0. The Labute approximate surface area is 79.6 Å². The molecule has 0 amide bonds. The third kappa shape index (κ3) is 3.21. The van der Waals surface area contributed by atoms with Gasteiger partial charge in [0.2, 0.25) is 0 Å². The molecule has 1 aliphatic rings. The van der Waals surface area contributed by atoms with Gasteiger partial charge in [0.15, 0.2) is 0 Å². The van der Waals surface area contributed by atoms with Crippen LogP contribution in [0, 0.1) is 5.92 Å². The molecule has 0 unspecified atom stereocenters. The second-order valence-corrected chi connectivity index (χ2v) is 3.78. The highest BCUT2D eigenvalue weighted by Gasteiger charge is 2.23. The molecule has 1 fully saturated rings. The molecule has 13 heavy (non-hydrogen) atoms. The molecule has 0 aromatic carbocycles. The van der Waals surface area contributed by atoms with Crippen LogP contribution in [-0.2, 0) is 4.79 Å². The third-order valence-corrected chi connectivity index (χ3v) is 2.59. The average Bonchev–Trinajstić information content (AvgIpc) is 2.00. The summed E-state index contributed by atoms with van der Waals surface area (Å²) >= 11 is 0. The Morgan fingerprint density at radius 2 is 2.23 bits per heavy atom. The summed E-state index contributed by atoms with van der Waals surface area (Å²) in [5, 5.41) is 10.4. The van der Waals surface area contributed by atoms with Crippen molar-refractivity contribution in [3.8, 4) is 0 Å². The van der Waals surface area contributed by atoms with Gasteiger partial charge in [-0.2, -0.15) is 0 Å². The lowest BCUT2D eigenvalue weighted by Gasteiger charge is -2.30. The van der Waals surface area contributed by atoms with Crippen LogP contribution in [0.1, 0.15) is 45.4 Å². The third-order valence-electron chi connectivity index (χ3n) is 2.59. The number of hydrogen-bond donors (Lipinski definition) is 0. The number of carbonyl (C=O) groups excluding carboxylic acids is 1. The van der Waals surface area contributed by atoms with Gasteiger partial charge in [-0.15, -0.1) is 0 Å². The summed E-state index contributed by atoms with van der Waals surface area (Å²) in [5.41, 5.74) is 1.31. The lowest BCUT2D eigenvalue weighted by Crippen LogP contribution is -2.36. The standard InChI is InChI=1S/C11H18O2/c1-2-3-4-5-6-9-7-10(8-9)11(12)13/h6,10H,2-5,7-8H2,1H3,(H,12,13)/p-1. The van der Waals surface area contributed by atoms with Gasteiger partial charge in [0.1, 0.15) is 0 Å². The fourth-order valence-electron chi connectivity index (χ4n) is 1.61. The van der Waals surface area contributed by atoms with Crippen molar-refractivity contribution in [3.63, 3.8) is 0 Å². The molecule has 0 saturated heterocycles. The zero-order chi connectivity index (χ0) is 9.68. The number of hydrogen-bond acceptors (Lipinski definition) is 2. The maximum absolute atomic E-state index is 10.4. The summed E-state index contributed by atoms with van der Waals surface area (Å²) in [6, 6.07) is 0. The van der Waals surface area contributed by atoms with E-state index in [-0.39, 0.29) is 5.92 Å². The van der Waals surface area contributed by atoms with Gasteiger partial charge in [0.25, 0.3) is 0 Å². The van der Waals surface area contributed by atoms with E-state index in [0.717, 1.165) is 19.3 Å². The predicted molar refractivity (Wildman–Crippen MR) is 50.0 cm³/mol. The molecule has 2 nitrogen and oxygen atoms in total. The smallest absolute Gasteiger partial charge is 0.0451 e. The first-order valence-electron chi connectivity index (χ1n) is 5.12. The monoisotopic (exact) mass is 181 g/mol. The maximum atomic E-state index is 10.4. The molecule has 0 aromatic rings. The van der Waals surface area contributed by atoms with E-state index in [1.54, 1.807) is 0 Å². The number of carboxylic acid groups (broad SMARTS) is 1. The summed E-state index contributed by atoms with van der Waals surface area (Å²) in [4.78, 5) is 10.4. The molecule has 0 spiro atoms. The first kappa shape index (κ1) is 10.3. The van der Waals surface area contributed by atoms with Crippen LogP contribution >= 0.6 is 0 Å². The van der Waals surface area contributed by atoms with Crippen molar-refractivity contribution in [2.45, 2.75) is 45.4 Å². The van der Waals surface area contributed by atoms with E-state index in [0.29, 0.717) is 0 Å². The Morgan fingerprint density at radius 3 is 2.77 bits per heavy atom. The Hall–Kier alpha value is -0.790. The minimum Gasteiger partial charge on any atom is -0.550 e. The molecule has 74 valence electrons. The molecule has 0 bridgehead atoms. The highest BCUT2D eigenvalue weighted by molar-refractivity contribution is 5.70. The topological polar surface area (TPSA) is 40.1 Å².